The van der Waals surface area contributed by atoms with Gasteiger partial charge in [0, 0.05) is 6.42 Å². The lowest BCUT2D eigenvalue weighted by molar-refractivity contribution is -0.118. The van der Waals surface area contributed by atoms with Gasteiger partial charge in [-0.1, -0.05) is 6.07 Å². The Labute approximate surface area is 161 Å². The van der Waals surface area contributed by atoms with Gasteiger partial charge in [0.2, 0.25) is 5.91 Å². The second kappa shape index (κ2) is 9.87. The SMILES string of the molecule is C[C@@H](OCc1ccc(Br)c(F)c1)[C@H](CCC(N)=O)NC(=O)OC(C)(C)C. The molecule has 6 nitrogen and oxygen atoms in total. The number of nitrogens with one attached hydrogen (secondary N) is 1. The average molecular weight is 433 g/mol. The molecule has 0 saturated carbocycles. The van der Waals surface area contributed by atoms with Crippen LogP contribution < -0.4 is 11.1 Å². The number of hydrogen-bond acceptors (Lipinski definition) is 4. The van der Waals surface area contributed by atoms with Crippen molar-refractivity contribution in [3.63, 3.8) is 0 Å². The molecule has 1 aromatic rings. The number of carbonyl (C=O) groups excluding carboxylic acids is 2. The fourth-order valence-electron chi connectivity index (χ4n) is 2.15. The van der Waals surface area contributed by atoms with E-state index in [-0.39, 0.29) is 18.8 Å². The Kier molecular flexibility index (Phi) is 8.49. The molecule has 3 N–H and O–H groups in total. The lowest BCUT2D eigenvalue weighted by atomic mass is 10.1. The zero-order valence-corrected chi connectivity index (χ0v) is 17.1. The highest BCUT2D eigenvalue weighted by molar-refractivity contribution is 9.10. The highest BCUT2D eigenvalue weighted by atomic mass is 79.9. The predicted octanol–water partition coefficient (Wildman–Crippen LogP) is 3.65. The molecule has 0 aliphatic carbocycles. The molecule has 0 unspecified atom stereocenters. The van der Waals surface area contributed by atoms with Crippen molar-refractivity contribution in [2.75, 3.05) is 0 Å². The molecule has 0 saturated heterocycles. The summed E-state index contributed by atoms with van der Waals surface area (Å²) in [6.07, 6.45) is -0.628. The monoisotopic (exact) mass is 432 g/mol. The molecule has 0 spiro atoms. The molecule has 0 aromatic heterocycles. The maximum atomic E-state index is 13.6. The number of hydrogen-bond donors (Lipinski definition) is 2. The maximum absolute atomic E-state index is 13.6. The molecule has 0 bridgehead atoms. The summed E-state index contributed by atoms with van der Waals surface area (Å²) < 4.78 is 24.9. The van der Waals surface area contributed by atoms with Gasteiger partial charge in [-0.15, -0.1) is 0 Å². The van der Waals surface area contributed by atoms with E-state index in [2.05, 4.69) is 21.2 Å². The van der Waals surface area contributed by atoms with Crippen LogP contribution >= 0.6 is 15.9 Å². The van der Waals surface area contributed by atoms with E-state index in [1.54, 1.807) is 39.8 Å². The smallest absolute Gasteiger partial charge is 0.407 e. The van der Waals surface area contributed by atoms with Gasteiger partial charge in [-0.2, -0.15) is 0 Å². The third-order valence-electron chi connectivity index (χ3n) is 3.47. The second-order valence-electron chi connectivity index (χ2n) is 7.02. The zero-order valence-electron chi connectivity index (χ0n) is 15.5. The van der Waals surface area contributed by atoms with Gasteiger partial charge in [0.1, 0.15) is 11.4 Å². The van der Waals surface area contributed by atoms with Crippen molar-refractivity contribution in [2.24, 2.45) is 5.73 Å². The number of ether oxygens (including phenoxy) is 2. The number of nitrogens with two attached hydrogens (primary N) is 1. The topological polar surface area (TPSA) is 90.6 Å². The minimum absolute atomic E-state index is 0.0983. The van der Waals surface area contributed by atoms with Crippen LogP contribution in [0.4, 0.5) is 9.18 Å². The van der Waals surface area contributed by atoms with Crippen LogP contribution in [0.1, 0.15) is 46.1 Å². The van der Waals surface area contributed by atoms with Crippen molar-refractivity contribution in [1.82, 2.24) is 5.32 Å². The quantitative estimate of drug-likeness (QED) is 0.655. The largest absolute Gasteiger partial charge is 0.444 e. The van der Waals surface area contributed by atoms with E-state index >= 15 is 0 Å². The van der Waals surface area contributed by atoms with Crippen LogP contribution in [0.5, 0.6) is 0 Å². The Morgan fingerprint density at radius 2 is 2.00 bits per heavy atom. The van der Waals surface area contributed by atoms with Crippen LogP contribution in [-0.4, -0.2) is 29.7 Å². The third kappa shape index (κ3) is 8.62. The molecule has 26 heavy (non-hydrogen) atoms. The number of halogens is 2. The molecule has 0 fully saturated rings. The highest BCUT2D eigenvalue weighted by Crippen LogP contribution is 2.18. The van der Waals surface area contributed by atoms with Crippen LogP contribution in [0.3, 0.4) is 0 Å². The van der Waals surface area contributed by atoms with Gasteiger partial charge in [-0.25, -0.2) is 9.18 Å². The second-order valence-corrected chi connectivity index (χ2v) is 7.88. The summed E-state index contributed by atoms with van der Waals surface area (Å²) >= 11 is 3.10. The minimum atomic E-state index is -0.642. The van der Waals surface area contributed by atoms with Gasteiger partial charge in [0.25, 0.3) is 0 Å². The molecule has 2 atom stereocenters. The highest BCUT2D eigenvalue weighted by Gasteiger charge is 2.24. The van der Waals surface area contributed by atoms with E-state index in [0.29, 0.717) is 16.5 Å². The van der Waals surface area contributed by atoms with Crippen molar-refractivity contribution in [3.05, 3.63) is 34.1 Å². The summed E-state index contributed by atoms with van der Waals surface area (Å²) in [7, 11) is 0. The molecule has 1 rings (SSSR count). The van der Waals surface area contributed by atoms with Crippen molar-refractivity contribution < 1.29 is 23.5 Å². The van der Waals surface area contributed by atoms with Crippen LogP contribution in [-0.2, 0) is 20.9 Å². The zero-order chi connectivity index (χ0) is 19.9. The van der Waals surface area contributed by atoms with E-state index in [0.717, 1.165) is 0 Å². The van der Waals surface area contributed by atoms with Crippen molar-refractivity contribution >= 4 is 27.9 Å². The summed E-state index contributed by atoms with van der Waals surface area (Å²) in [6, 6.07) is 4.23. The van der Waals surface area contributed by atoms with Gasteiger partial charge in [0.15, 0.2) is 0 Å². The molecular weight excluding hydrogens is 407 g/mol. The van der Waals surface area contributed by atoms with Crippen molar-refractivity contribution in [2.45, 2.75) is 64.9 Å². The molecule has 0 heterocycles. The Hall–Kier alpha value is -1.67. The van der Waals surface area contributed by atoms with E-state index in [1.807, 2.05) is 0 Å². The lowest BCUT2D eigenvalue weighted by Gasteiger charge is -2.27. The summed E-state index contributed by atoms with van der Waals surface area (Å²) in [5, 5.41) is 2.71. The number of primary amides is 1. The van der Waals surface area contributed by atoms with Gasteiger partial charge in [-0.05, 0) is 67.7 Å². The summed E-state index contributed by atoms with van der Waals surface area (Å²) in [6.45, 7) is 7.19. The first-order valence-corrected chi connectivity index (χ1v) is 9.10. The van der Waals surface area contributed by atoms with Gasteiger partial charge in [0.05, 0.1) is 23.2 Å². The molecule has 1 aromatic carbocycles. The van der Waals surface area contributed by atoms with E-state index < -0.39 is 29.7 Å². The Bertz CT molecular complexity index is 634. The molecule has 146 valence electrons. The molecule has 2 amide bonds. The third-order valence-corrected chi connectivity index (χ3v) is 4.11. The minimum Gasteiger partial charge on any atom is -0.444 e. The first-order valence-electron chi connectivity index (χ1n) is 8.31. The first-order chi connectivity index (χ1) is 12.0. The number of benzene rings is 1. The Morgan fingerprint density at radius 1 is 1.35 bits per heavy atom. The molecule has 0 aliphatic rings. The maximum Gasteiger partial charge on any atom is 0.407 e. The van der Waals surface area contributed by atoms with E-state index in [9.17, 15) is 14.0 Å². The van der Waals surface area contributed by atoms with Crippen LogP contribution in [0.2, 0.25) is 0 Å². The number of alkyl carbamates (subject to hydrolysis) is 1. The van der Waals surface area contributed by atoms with E-state index in [4.69, 9.17) is 15.2 Å². The first kappa shape index (κ1) is 22.4. The molecule has 0 aliphatic heterocycles. The molecule has 0 radical (unpaired) electrons. The lowest BCUT2D eigenvalue weighted by Crippen LogP contribution is -2.45. The molecular formula is C18H26BrFN2O4. The standard InChI is InChI=1S/C18H26BrFN2O4/c1-11(25-10-12-5-6-13(19)14(20)9-12)15(7-8-16(21)23)22-17(24)26-18(2,3)4/h5-6,9,11,15H,7-8,10H2,1-4H3,(H2,21,23)(H,22,24)/t11-,15+/m1/s1. The van der Waals surface area contributed by atoms with Crippen molar-refractivity contribution in [3.8, 4) is 0 Å². The fourth-order valence-corrected chi connectivity index (χ4v) is 2.40. The van der Waals surface area contributed by atoms with Crippen LogP contribution in [0, 0.1) is 5.82 Å². The van der Waals surface area contributed by atoms with Gasteiger partial charge < -0.3 is 20.5 Å². The number of carbonyl (C=O) groups is 2. The van der Waals surface area contributed by atoms with Crippen LogP contribution in [0.25, 0.3) is 0 Å². The summed E-state index contributed by atoms with van der Waals surface area (Å²) in [5.41, 5.74) is 5.21. The fraction of sp³-hybridized carbons (Fsp3) is 0.556. The summed E-state index contributed by atoms with van der Waals surface area (Å²) in [5.74, 6) is -0.848. The normalized spacial score (nSPS) is 13.8. The van der Waals surface area contributed by atoms with Crippen LogP contribution in [0.15, 0.2) is 22.7 Å². The predicted molar refractivity (Wildman–Crippen MR) is 99.9 cm³/mol. The van der Waals surface area contributed by atoms with Crippen molar-refractivity contribution in [1.29, 1.82) is 0 Å². The summed E-state index contributed by atoms with van der Waals surface area (Å²) in [4.78, 5) is 23.1. The Morgan fingerprint density at radius 3 is 2.54 bits per heavy atom. The number of rotatable bonds is 8. The number of amides is 2. The van der Waals surface area contributed by atoms with Gasteiger partial charge in [-0.3, -0.25) is 4.79 Å². The Balaban J connectivity index is 2.69. The van der Waals surface area contributed by atoms with Gasteiger partial charge >= 0.3 is 6.09 Å². The average Bonchev–Trinajstić information content (AvgIpc) is 2.50. The van der Waals surface area contributed by atoms with E-state index in [1.165, 1.54) is 6.07 Å². The molecule has 8 heteroatoms.